The van der Waals surface area contributed by atoms with Gasteiger partial charge in [-0.3, -0.25) is 9.59 Å². The highest BCUT2D eigenvalue weighted by Gasteiger charge is 2.42. The first-order chi connectivity index (χ1) is 17.4. The Balaban J connectivity index is 1.19. The normalized spacial score (nSPS) is 20.4. The Hall–Kier alpha value is -3.16. The molecule has 5 rings (SSSR count). The standard InChI is InChI=1S/C28H30ClFN4O2/c1-32-13-6-11-25(32)27(35)31-24(19-7-3-2-4-8-19)12-14-33-15-20-17-34(18-21(20)16-33)28(36)26-22(29)9-5-10-23(26)30/h2-11,13,20-21,24H,12,14-18H2,1H3,(H,31,35)/t20?,21?,24-/m0/s1. The van der Waals surface area contributed by atoms with Crippen LogP contribution in [-0.2, 0) is 7.05 Å². The molecule has 2 unspecified atom stereocenters. The van der Waals surface area contributed by atoms with Crippen LogP contribution >= 0.6 is 11.6 Å². The van der Waals surface area contributed by atoms with Crippen molar-refractivity contribution in [3.63, 3.8) is 0 Å². The Morgan fingerprint density at radius 2 is 1.72 bits per heavy atom. The van der Waals surface area contributed by atoms with Crippen LogP contribution in [0.5, 0.6) is 0 Å². The van der Waals surface area contributed by atoms with Gasteiger partial charge < -0.3 is 19.7 Å². The van der Waals surface area contributed by atoms with Crippen LogP contribution in [-0.4, -0.2) is 58.9 Å². The summed E-state index contributed by atoms with van der Waals surface area (Å²) in [5.41, 5.74) is 1.68. The van der Waals surface area contributed by atoms with E-state index in [1.54, 1.807) is 11.0 Å². The number of nitrogens with one attached hydrogen (secondary N) is 1. The van der Waals surface area contributed by atoms with E-state index >= 15 is 0 Å². The van der Waals surface area contributed by atoms with Gasteiger partial charge in [-0.1, -0.05) is 48.0 Å². The number of benzene rings is 2. The average Bonchev–Trinajstić information content (AvgIpc) is 3.57. The molecule has 6 nitrogen and oxygen atoms in total. The van der Waals surface area contributed by atoms with Crippen LogP contribution in [0.4, 0.5) is 4.39 Å². The van der Waals surface area contributed by atoms with Gasteiger partial charge >= 0.3 is 0 Å². The van der Waals surface area contributed by atoms with Crippen molar-refractivity contribution in [1.82, 2.24) is 19.7 Å². The van der Waals surface area contributed by atoms with Crippen LogP contribution in [0, 0.1) is 17.7 Å². The fourth-order valence-electron chi connectivity index (χ4n) is 5.55. The molecular formula is C28H30ClFN4O2. The highest BCUT2D eigenvalue weighted by atomic mass is 35.5. The lowest BCUT2D eigenvalue weighted by atomic mass is 10.0. The Labute approximate surface area is 215 Å². The van der Waals surface area contributed by atoms with Crippen molar-refractivity contribution < 1.29 is 14.0 Å². The number of rotatable bonds is 7. The minimum absolute atomic E-state index is 0.0318. The molecule has 8 heteroatoms. The number of fused-ring (bicyclic) bond motifs is 1. The monoisotopic (exact) mass is 508 g/mol. The van der Waals surface area contributed by atoms with Gasteiger partial charge in [-0.25, -0.2) is 4.39 Å². The average molecular weight is 509 g/mol. The number of hydrogen-bond acceptors (Lipinski definition) is 3. The summed E-state index contributed by atoms with van der Waals surface area (Å²) in [5.74, 6) is -0.280. The van der Waals surface area contributed by atoms with E-state index in [2.05, 4.69) is 10.2 Å². The first-order valence-electron chi connectivity index (χ1n) is 12.3. The summed E-state index contributed by atoms with van der Waals surface area (Å²) in [6.45, 7) is 3.82. The molecule has 188 valence electrons. The Kier molecular flexibility index (Phi) is 7.12. The van der Waals surface area contributed by atoms with Crippen molar-refractivity contribution in [1.29, 1.82) is 0 Å². The molecule has 0 spiro atoms. The summed E-state index contributed by atoms with van der Waals surface area (Å²) >= 11 is 6.12. The van der Waals surface area contributed by atoms with E-state index in [1.165, 1.54) is 12.1 Å². The lowest BCUT2D eigenvalue weighted by Gasteiger charge is -2.25. The van der Waals surface area contributed by atoms with Gasteiger partial charge in [0.1, 0.15) is 11.5 Å². The highest BCUT2D eigenvalue weighted by Crippen LogP contribution is 2.33. The molecule has 2 fully saturated rings. The number of likely N-dealkylation sites (tertiary alicyclic amines) is 2. The summed E-state index contributed by atoms with van der Waals surface area (Å²) < 4.78 is 16.1. The molecule has 0 radical (unpaired) electrons. The SMILES string of the molecule is Cn1cccc1C(=O)N[C@@H](CCN1CC2CN(C(=O)c3c(F)cccc3Cl)CC2C1)c1ccccc1. The van der Waals surface area contributed by atoms with E-state index in [-0.39, 0.29) is 28.4 Å². The van der Waals surface area contributed by atoms with Crippen LogP contribution < -0.4 is 5.32 Å². The molecule has 3 heterocycles. The number of carbonyl (C=O) groups excluding carboxylic acids is 2. The minimum atomic E-state index is -0.574. The van der Waals surface area contributed by atoms with Gasteiger partial charge in [-0.15, -0.1) is 0 Å². The Bertz CT molecular complexity index is 1210. The summed E-state index contributed by atoms with van der Waals surface area (Å²) in [5, 5.41) is 3.37. The molecule has 2 amide bonds. The molecule has 3 atom stereocenters. The van der Waals surface area contributed by atoms with Crippen molar-refractivity contribution in [2.24, 2.45) is 18.9 Å². The Morgan fingerprint density at radius 1 is 1.00 bits per heavy atom. The van der Waals surface area contributed by atoms with E-state index in [4.69, 9.17) is 11.6 Å². The van der Waals surface area contributed by atoms with Gasteiger partial charge in [-0.2, -0.15) is 0 Å². The highest BCUT2D eigenvalue weighted by molar-refractivity contribution is 6.33. The number of aromatic nitrogens is 1. The molecule has 0 bridgehead atoms. The van der Waals surface area contributed by atoms with Crippen molar-refractivity contribution in [2.75, 3.05) is 32.7 Å². The third-order valence-electron chi connectivity index (χ3n) is 7.44. The zero-order valence-corrected chi connectivity index (χ0v) is 21.0. The maximum absolute atomic E-state index is 14.3. The number of nitrogens with zero attached hydrogens (tertiary/aromatic N) is 3. The number of halogens is 2. The van der Waals surface area contributed by atoms with Gasteiger partial charge in [0, 0.05) is 46.0 Å². The molecule has 36 heavy (non-hydrogen) atoms. The second-order valence-electron chi connectivity index (χ2n) is 9.82. The first-order valence-corrected chi connectivity index (χ1v) is 12.7. The Morgan fingerprint density at radius 3 is 2.36 bits per heavy atom. The number of hydrogen-bond donors (Lipinski definition) is 1. The second kappa shape index (κ2) is 10.4. The molecule has 0 saturated carbocycles. The van der Waals surface area contributed by atoms with Gasteiger partial charge in [0.05, 0.1) is 16.6 Å². The number of amides is 2. The molecule has 0 aliphatic carbocycles. The van der Waals surface area contributed by atoms with E-state index in [0.717, 1.165) is 31.6 Å². The third kappa shape index (κ3) is 5.04. The van der Waals surface area contributed by atoms with E-state index in [1.807, 2.05) is 60.3 Å². The molecular weight excluding hydrogens is 479 g/mol. The molecule has 2 aliphatic heterocycles. The maximum Gasteiger partial charge on any atom is 0.268 e. The van der Waals surface area contributed by atoms with Crippen LogP contribution in [0.25, 0.3) is 0 Å². The second-order valence-corrected chi connectivity index (χ2v) is 10.2. The van der Waals surface area contributed by atoms with Crippen LogP contribution in [0.3, 0.4) is 0 Å². The van der Waals surface area contributed by atoms with Gasteiger partial charge in [0.2, 0.25) is 0 Å². The van der Waals surface area contributed by atoms with Gasteiger partial charge in [0.15, 0.2) is 0 Å². The number of aryl methyl sites for hydroxylation is 1. The molecule has 1 aromatic heterocycles. The summed E-state index contributed by atoms with van der Waals surface area (Å²) in [6, 6.07) is 18.0. The third-order valence-corrected chi connectivity index (χ3v) is 7.76. The first kappa shape index (κ1) is 24.5. The van der Waals surface area contributed by atoms with Crippen molar-refractivity contribution >= 4 is 23.4 Å². The topological polar surface area (TPSA) is 57.6 Å². The van der Waals surface area contributed by atoms with Crippen molar-refractivity contribution in [3.05, 3.63) is 94.5 Å². The largest absolute Gasteiger partial charge is 0.347 e. The van der Waals surface area contributed by atoms with Crippen molar-refractivity contribution in [2.45, 2.75) is 12.5 Å². The molecule has 3 aromatic rings. The zero-order chi connectivity index (χ0) is 25.2. The summed E-state index contributed by atoms with van der Waals surface area (Å²) in [7, 11) is 1.86. The summed E-state index contributed by atoms with van der Waals surface area (Å²) in [6.07, 6.45) is 2.65. The molecule has 1 N–H and O–H groups in total. The molecule has 2 aliphatic rings. The predicted octanol–water partition coefficient (Wildman–Crippen LogP) is 4.38. The van der Waals surface area contributed by atoms with Crippen LogP contribution in [0.1, 0.15) is 38.9 Å². The predicted molar refractivity (Wildman–Crippen MR) is 137 cm³/mol. The maximum atomic E-state index is 14.3. The molecule has 2 aromatic carbocycles. The smallest absolute Gasteiger partial charge is 0.268 e. The fraction of sp³-hybridized carbons (Fsp3) is 0.357. The summed E-state index contributed by atoms with van der Waals surface area (Å²) in [4.78, 5) is 30.0. The van der Waals surface area contributed by atoms with E-state index in [9.17, 15) is 14.0 Å². The van der Waals surface area contributed by atoms with E-state index in [0.29, 0.717) is 30.6 Å². The lowest BCUT2D eigenvalue weighted by Crippen LogP contribution is -2.36. The fourth-order valence-corrected chi connectivity index (χ4v) is 5.79. The van der Waals surface area contributed by atoms with Crippen molar-refractivity contribution in [3.8, 4) is 0 Å². The van der Waals surface area contributed by atoms with Gasteiger partial charge in [0.25, 0.3) is 11.8 Å². The van der Waals surface area contributed by atoms with Crippen LogP contribution in [0.15, 0.2) is 66.9 Å². The zero-order valence-electron chi connectivity index (χ0n) is 20.2. The van der Waals surface area contributed by atoms with Crippen LogP contribution in [0.2, 0.25) is 5.02 Å². The molecule has 2 saturated heterocycles. The van der Waals surface area contributed by atoms with E-state index < -0.39 is 5.82 Å². The minimum Gasteiger partial charge on any atom is -0.347 e. The lowest BCUT2D eigenvalue weighted by molar-refractivity contribution is 0.0769. The number of carbonyl (C=O) groups is 2. The quantitative estimate of drug-likeness (QED) is 0.515. The van der Waals surface area contributed by atoms with Gasteiger partial charge in [-0.05, 0) is 48.1 Å².